The number of carbonyl (C=O) groups is 3. The lowest BCUT2D eigenvalue weighted by atomic mass is 9.88. The summed E-state index contributed by atoms with van der Waals surface area (Å²) in [7, 11) is 1.78. The van der Waals surface area contributed by atoms with E-state index in [1.807, 2.05) is 6.92 Å². The van der Waals surface area contributed by atoms with E-state index in [0.29, 0.717) is 0 Å². The molecule has 1 aromatic heterocycles. The van der Waals surface area contributed by atoms with Crippen LogP contribution >= 0.6 is 0 Å². The molecule has 1 N–H and O–H groups in total. The molecule has 4 amide bonds. The summed E-state index contributed by atoms with van der Waals surface area (Å²) in [5.74, 6) is -1.06. The molecule has 2 heterocycles. The van der Waals surface area contributed by atoms with Crippen LogP contribution in [-0.4, -0.2) is 32.5 Å². The maximum atomic E-state index is 12.2. The summed E-state index contributed by atoms with van der Waals surface area (Å²) in [5.41, 5.74) is 0.413. The highest BCUT2D eigenvalue weighted by molar-refractivity contribution is 6.18. The van der Waals surface area contributed by atoms with E-state index >= 15 is 0 Å². The summed E-state index contributed by atoms with van der Waals surface area (Å²) in [6, 6.07) is -0.683. The number of rotatable bonds is 2. The van der Waals surface area contributed by atoms with Gasteiger partial charge in [0.2, 0.25) is 11.8 Å². The number of urea groups is 1. The monoisotopic (exact) mass is 264 g/mol. The van der Waals surface area contributed by atoms with Gasteiger partial charge in [-0.25, -0.2) is 4.79 Å². The highest BCUT2D eigenvalue weighted by Crippen LogP contribution is 2.25. The average Bonchev–Trinajstić information content (AvgIpc) is 2.64. The van der Waals surface area contributed by atoms with Crippen molar-refractivity contribution in [1.82, 2.24) is 20.0 Å². The minimum atomic E-state index is -1.23. The second kappa shape index (κ2) is 4.18. The molecule has 0 atom stereocenters. The molecule has 0 radical (unpaired) electrons. The molecule has 0 bridgehead atoms. The smallest absolute Gasteiger partial charge is 0.277 e. The minimum Gasteiger partial charge on any atom is -0.277 e. The number of hydrogen-bond donors (Lipinski definition) is 1. The van der Waals surface area contributed by atoms with Crippen LogP contribution in [0.1, 0.15) is 25.1 Å². The van der Waals surface area contributed by atoms with Crippen LogP contribution < -0.4 is 5.32 Å². The van der Waals surface area contributed by atoms with Crippen molar-refractivity contribution in [3.8, 4) is 0 Å². The van der Waals surface area contributed by atoms with Crippen LogP contribution in [0.5, 0.6) is 0 Å². The van der Waals surface area contributed by atoms with Gasteiger partial charge in [0.1, 0.15) is 5.41 Å². The molecular formula is C12H16N4O3. The second-order valence-electron chi connectivity index (χ2n) is 5.15. The highest BCUT2D eigenvalue weighted by atomic mass is 16.2. The molecule has 0 saturated carbocycles. The first-order valence-corrected chi connectivity index (χ1v) is 5.90. The molecule has 0 aromatic carbocycles. The summed E-state index contributed by atoms with van der Waals surface area (Å²) >= 11 is 0. The van der Waals surface area contributed by atoms with Gasteiger partial charge in [-0.15, -0.1) is 0 Å². The largest absolute Gasteiger partial charge is 0.331 e. The van der Waals surface area contributed by atoms with Gasteiger partial charge in [0.15, 0.2) is 0 Å². The third-order valence-electron chi connectivity index (χ3n) is 3.48. The van der Waals surface area contributed by atoms with Gasteiger partial charge >= 0.3 is 6.03 Å². The average molecular weight is 264 g/mol. The molecular weight excluding hydrogens is 248 g/mol. The zero-order chi connectivity index (χ0) is 14.4. The van der Waals surface area contributed by atoms with Gasteiger partial charge in [0.25, 0.3) is 0 Å². The van der Waals surface area contributed by atoms with E-state index in [4.69, 9.17) is 0 Å². The van der Waals surface area contributed by atoms with Crippen LogP contribution in [0.4, 0.5) is 4.79 Å². The summed E-state index contributed by atoms with van der Waals surface area (Å²) in [6.07, 6.45) is 1.61. The summed E-state index contributed by atoms with van der Waals surface area (Å²) in [4.78, 5) is 36.6. The van der Waals surface area contributed by atoms with E-state index in [0.717, 1.165) is 16.2 Å². The molecule has 2 rings (SSSR count). The van der Waals surface area contributed by atoms with Gasteiger partial charge in [-0.05, 0) is 20.8 Å². The number of carbonyl (C=O) groups excluding carboxylic acids is 3. The third kappa shape index (κ3) is 2.00. The van der Waals surface area contributed by atoms with Gasteiger partial charge in [-0.3, -0.25) is 24.5 Å². The third-order valence-corrected chi connectivity index (χ3v) is 3.48. The molecule has 1 aromatic rings. The molecule has 1 aliphatic rings. The molecule has 1 aliphatic heterocycles. The van der Waals surface area contributed by atoms with Gasteiger partial charge in [0, 0.05) is 18.3 Å². The molecule has 7 heteroatoms. The quantitative estimate of drug-likeness (QED) is 0.780. The first kappa shape index (κ1) is 13.3. The van der Waals surface area contributed by atoms with Crippen molar-refractivity contribution in [2.45, 2.75) is 27.3 Å². The predicted octanol–water partition coefficient (Wildman–Crippen LogP) is 0.333. The van der Waals surface area contributed by atoms with E-state index in [2.05, 4.69) is 10.4 Å². The Balaban J connectivity index is 2.29. The standard InChI is InChI=1S/C12H16N4O3/c1-7-8(5-13-15(7)4)6-16-10(18)12(2,3)9(17)14-11(16)19/h5H,6H2,1-4H3,(H,14,17,19). The van der Waals surface area contributed by atoms with Crippen LogP contribution in [0.25, 0.3) is 0 Å². The Kier molecular flexibility index (Phi) is 2.92. The number of barbiturate groups is 1. The molecule has 0 unspecified atom stereocenters. The maximum absolute atomic E-state index is 12.2. The van der Waals surface area contributed by atoms with Crippen molar-refractivity contribution in [3.05, 3.63) is 17.5 Å². The number of nitrogens with one attached hydrogen (secondary N) is 1. The summed E-state index contributed by atoms with van der Waals surface area (Å²) in [5, 5.41) is 6.26. The molecule has 102 valence electrons. The SMILES string of the molecule is Cc1c(CN2C(=O)NC(=O)C(C)(C)C2=O)cnn1C. The lowest BCUT2D eigenvalue weighted by Gasteiger charge is -2.34. The normalized spacial score (nSPS) is 18.7. The van der Waals surface area contributed by atoms with Crippen molar-refractivity contribution < 1.29 is 14.4 Å². The Morgan fingerprint density at radius 3 is 2.47 bits per heavy atom. The Hall–Kier alpha value is -2.18. The van der Waals surface area contributed by atoms with E-state index < -0.39 is 23.3 Å². The van der Waals surface area contributed by atoms with E-state index in [1.54, 1.807) is 17.9 Å². The summed E-state index contributed by atoms with van der Waals surface area (Å²) in [6.45, 7) is 4.96. The van der Waals surface area contributed by atoms with E-state index in [9.17, 15) is 14.4 Å². The van der Waals surface area contributed by atoms with Crippen LogP contribution in [0, 0.1) is 12.3 Å². The van der Waals surface area contributed by atoms with Crippen molar-refractivity contribution in [2.75, 3.05) is 0 Å². The molecule has 19 heavy (non-hydrogen) atoms. The highest BCUT2D eigenvalue weighted by Gasteiger charge is 2.47. The fraction of sp³-hybridized carbons (Fsp3) is 0.500. The van der Waals surface area contributed by atoms with Crippen molar-refractivity contribution in [2.24, 2.45) is 12.5 Å². The minimum absolute atomic E-state index is 0.112. The Bertz CT molecular complexity index is 574. The maximum Gasteiger partial charge on any atom is 0.331 e. The van der Waals surface area contributed by atoms with Gasteiger partial charge in [-0.2, -0.15) is 5.10 Å². The van der Waals surface area contributed by atoms with Crippen molar-refractivity contribution in [3.63, 3.8) is 0 Å². The zero-order valence-electron chi connectivity index (χ0n) is 11.4. The van der Waals surface area contributed by atoms with Crippen LogP contribution in [0.3, 0.4) is 0 Å². The lowest BCUT2D eigenvalue weighted by Crippen LogP contribution is -2.61. The van der Waals surface area contributed by atoms with Crippen molar-refractivity contribution in [1.29, 1.82) is 0 Å². The number of amides is 4. The summed E-state index contributed by atoms with van der Waals surface area (Å²) < 4.78 is 1.66. The van der Waals surface area contributed by atoms with Crippen molar-refractivity contribution >= 4 is 17.8 Å². The van der Waals surface area contributed by atoms with Crippen LogP contribution in [0.15, 0.2) is 6.20 Å². The number of nitrogens with zero attached hydrogens (tertiary/aromatic N) is 3. The Morgan fingerprint density at radius 2 is 1.95 bits per heavy atom. The van der Waals surface area contributed by atoms with E-state index in [1.165, 1.54) is 13.8 Å². The molecule has 0 spiro atoms. The number of imide groups is 2. The van der Waals surface area contributed by atoms with Gasteiger partial charge in [0.05, 0.1) is 12.7 Å². The van der Waals surface area contributed by atoms with Crippen LogP contribution in [0.2, 0.25) is 0 Å². The fourth-order valence-corrected chi connectivity index (χ4v) is 1.86. The topological polar surface area (TPSA) is 84.3 Å². The lowest BCUT2D eigenvalue weighted by molar-refractivity contribution is -0.149. The molecule has 7 nitrogen and oxygen atoms in total. The van der Waals surface area contributed by atoms with Gasteiger partial charge < -0.3 is 0 Å². The number of aryl methyl sites for hydroxylation is 1. The van der Waals surface area contributed by atoms with Crippen LogP contribution in [-0.2, 0) is 23.2 Å². The zero-order valence-corrected chi connectivity index (χ0v) is 11.4. The molecule has 1 saturated heterocycles. The Labute approximate surface area is 110 Å². The predicted molar refractivity (Wildman–Crippen MR) is 65.8 cm³/mol. The Morgan fingerprint density at radius 1 is 1.32 bits per heavy atom. The van der Waals surface area contributed by atoms with Gasteiger partial charge in [-0.1, -0.05) is 0 Å². The molecule has 0 aliphatic carbocycles. The fourth-order valence-electron chi connectivity index (χ4n) is 1.86. The van der Waals surface area contributed by atoms with E-state index in [-0.39, 0.29) is 6.54 Å². The number of hydrogen-bond acceptors (Lipinski definition) is 4. The first-order chi connectivity index (χ1) is 8.75. The number of aromatic nitrogens is 2. The first-order valence-electron chi connectivity index (χ1n) is 5.90. The second-order valence-corrected chi connectivity index (χ2v) is 5.15. The molecule has 1 fully saturated rings.